The Morgan fingerprint density at radius 2 is 2.25 bits per heavy atom. The zero-order valence-electron chi connectivity index (χ0n) is 11.0. The van der Waals surface area contributed by atoms with E-state index in [1.807, 2.05) is 0 Å². The highest BCUT2D eigenvalue weighted by Gasteiger charge is 2.11. The number of benzene rings is 1. The molecule has 0 saturated heterocycles. The quantitative estimate of drug-likeness (QED) is 0.940. The van der Waals surface area contributed by atoms with Crippen LogP contribution in [0, 0.1) is 5.82 Å². The highest BCUT2D eigenvalue weighted by molar-refractivity contribution is 6.30. The van der Waals surface area contributed by atoms with E-state index in [0.29, 0.717) is 5.69 Å². The van der Waals surface area contributed by atoms with Gasteiger partial charge in [-0.15, -0.1) is 5.10 Å². The topological polar surface area (TPSA) is 63.1 Å². The first kappa shape index (κ1) is 14.3. The molecule has 2 rings (SSSR count). The minimum atomic E-state index is -0.567. The first-order chi connectivity index (χ1) is 9.49. The molecule has 1 aromatic heterocycles. The Bertz CT molecular complexity index is 628. The molecule has 20 heavy (non-hydrogen) atoms. The molecular formula is C12H13ClFN5O. The number of amides is 2. The molecular weight excluding hydrogens is 285 g/mol. The number of halogens is 2. The lowest BCUT2D eigenvalue weighted by atomic mass is 10.3. The number of carbonyl (C=O) groups is 1. The minimum absolute atomic E-state index is 0.0143. The van der Waals surface area contributed by atoms with Gasteiger partial charge in [0, 0.05) is 14.1 Å². The van der Waals surface area contributed by atoms with Crippen LogP contribution in [0.25, 0.3) is 5.69 Å². The number of hydrogen-bond donors (Lipinski definition) is 1. The number of nitrogens with one attached hydrogen (secondary N) is 1. The van der Waals surface area contributed by atoms with Crippen molar-refractivity contribution in [2.75, 3.05) is 14.1 Å². The van der Waals surface area contributed by atoms with Gasteiger partial charge in [0.2, 0.25) is 0 Å². The van der Waals surface area contributed by atoms with E-state index in [4.69, 9.17) is 11.6 Å². The molecule has 0 bridgehead atoms. The molecule has 106 valence electrons. The fourth-order valence-corrected chi connectivity index (χ4v) is 1.66. The minimum Gasteiger partial charge on any atom is -0.332 e. The van der Waals surface area contributed by atoms with E-state index in [1.165, 1.54) is 27.9 Å². The molecule has 0 saturated carbocycles. The molecule has 1 aromatic carbocycles. The van der Waals surface area contributed by atoms with Crippen LogP contribution < -0.4 is 5.32 Å². The SMILES string of the molecule is CN(C)C(=O)NCc1cn(-c2cccc(Cl)c2F)nn1. The summed E-state index contributed by atoms with van der Waals surface area (Å²) >= 11 is 5.71. The van der Waals surface area contributed by atoms with Gasteiger partial charge in [-0.3, -0.25) is 0 Å². The molecule has 2 amide bonds. The third-order valence-electron chi connectivity index (χ3n) is 2.55. The van der Waals surface area contributed by atoms with Gasteiger partial charge in [0.05, 0.1) is 17.8 Å². The molecule has 0 aliphatic carbocycles. The molecule has 1 N–H and O–H groups in total. The largest absolute Gasteiger partial charge is 0.332 e. The van der Waals surface area contributed by atoms with E-state index in [-0.39, 0.29) is 23.3 Å². The van der Waals surface area contributed by atoms with E-state index in [2.05, 4.69) is 15.6 Å². The molecule has 0 unspecified atom stereocenters. The van der Waals surface area contributed by atoms with Crippen molar-refractivity contribution >= 4 is 17.6 Å². The summed E-state index contributed by atoms with van der Waals surface area (Å²) in [4.78, 5) is 12.8. The number of rotatable bonds is 3. The van der Waals surface area contributed by atoms with Gasteiger partial charge in [-0.05, 0) is 12.1 Å². The summed E-state index contributed by atoms with van der Waals surface area (Å²) in [6.07, 6.45) is 1.53. The molecule has 0 atom stereocenters. The zero-order valence-corrected chi connectivity index (χ0v) is 11.7. The van der Waals surface area contributed by atoms with E-state index in [0.717, 1.165) is 0 Å². The van der Waals surface area contributed by atoms with Crippen molar-refractivity contribution in [1.82, 2.24) is 25.2 Å². The van der Waals surface area contributed by atoms with Crippen LogP contribution in [-0.2, 0) is 6.54 Å². The molecule has 0 fully saturated rings. The van der Waals surface area contributed by atoms with Gasteiger partial charge in [-0.25, -0.2) is 13.9 Å². The van der Waals surface area contributed by atoms with Gasteiger partial charge in [0.1, 0.15) is 11.4 Å². The van der Waals surface area contributed by atoms with Crippen molar-refractivity contribution < 1.29 is 9.18 Å². The second kappa shape index (κ2) is 5.87. The number of nitrogens with zero attached hydrogens (tertiary/aromatic N) is 4. The van der Waals surface area contributed by atoms with E-state index >= 15 is 0 Å². The highest BCUT2D eigenvalue weighted by atomic mass is 35.5. The second-order valence-corrected chi connectivity index (χ2v) is 4.69. The van der Waals surface area contributed by atoms with Crippen LogP contribution in [0.5, 0.6) is 0 Å². The molecule has 8 heteroatoms. The Morgan fingerprint density at radius 3 is 2.95 bits per heavy atom. The maximum Gasteiger partial charge on any atom is 0.317 e. The third kappa shape index (κ3) is 3.05. The predicted octanol–water partition coefficient (Wildman–Crippen LogP) is 1.83. The lowest BCUT2D eigenvalue weighted by Gasteiger charge is -2.10. The van der Waals surface area contributed by atoms with Crippen LogP contribution in [0.2, 0.25) is 5.02 Å². The lowest BCUT2D eigenvalue weighted by molar-refractivity contribution is 0.217. The molecule has 0 spiro atoms. The Hall–Kier alpha value is -2.15. The highest BCUT2D eigenvalue weighted by Crippen LogP contribution is 2.20. The smallest absolute Gasteiger partial charge is 0.317 e. The fraction of sp³-hybridized carbons (Fsp3) is 0.250. The van der Waals surface area contributed by atoms with Crippen LogP contribution >= 0.6 is 11.6 Å². The summed E-state index contributed by atoms with van der Waals surface area (Å²) in [6.45, 7) is 0.208. The Morgan fingerprint density at radius 1 is 1.50 bits per heavy atom. The van der Waals surface area contributed by atoms with E-state index in [1.54, 1.807) is 20.2 Å². The summed E-state index contributed by atoms with van der Waals surface area (Å²) < 4.78 is 15.1. The maximum absolute atomic E-state index is 13.8. The number of aromatic nitrogens is 3. The molecule has 0 radical (unpaired) electrons. The average Bonchev–Trinajstić information content (AvgIpc) is 2.87. The van der Waals surface area contributed by atoms with Crippen LogP contribution in [0.1, 0.15) is 5.69 Å². The predicted molar refractivity (Wildman–Crippen MR) is 72.2 cm³/mol. The third-order valence-corrected chi connectivity index (χ3v) is 2.84. The van der Waals surface area contributed by atoms with Gasteiger partial charge in [0.25, 0.3) is 0 Å². The summed E-state index contributed by atoms with van der Waals surface area (Å²) in [6, 6.07) is 4.37. The van der Waals surface area contributed by atoms with Crippen molar-refractivity contribution in [3.05, 3.63) is 40.9 Å². The Balaban J connectivity index is 2.13. The molecule has 6 nitrogen and oxygen atoms in total. The Labute approximate surface area is 120 Å². The van der Waals surface area contributed by atoms with Gasteiger partial charge < -0.3 is 10.2 Å². The normalized spacial score (nSPS) is 10.4. The van der Waals surface area contributed by atoms with Gasteiger partial charge in [-0.2, -0.15) is 0 Å². The summed E-state index contributed by atoms with van der Waals surface area (Å²) in [5.74, 6) is -0.567. The van der Waals surface area contributed by atoms with Gasteiger partial charge >= 0.3 is 6.03 Å². The van der Waals surface area contributed by atoms with Crippen molar-refractivity contribution in [1.29, 1.82) is 0 Å². The lowest BCUT2D eigenvalue weighted by Crippen LogP contribution is -2.34. The van der Waals surface area contributed by atoms with Crippen LogP contribution in [0.15, 0.2) is 24.4 Å². The van der Waals surface area contributed by atoms with E-state index in [9.17, 15) is 9.18 Å². The van der Waals surface area contributed by atoms with Crippen molar-refractivity contribution in [3.63, 3.8) is 0 Å². The van der Waals surface area contributed by atoms with Crippen molar-refractivity contribution in [3.8, 4) is 5.69 Å². The van der Waals surface area contributed by atoms with E-state index < -0.39 is 5.82 Å². The second-order valence-electron chi connectivity index (χ2n) is 4.28. The van der Waals surface area contributed by atoms with Crippen molar-refractivity contribution in [2.24, 2.45) is 0 Å². The Kier molecular flexibility index (Phi) is 4.19. The maximum atomic E-state index is 13.8. The number of hydrogen-bond acceptors (Lipinski definition) is 3. The summed E-state index contributed by atoms with van der Waals surface area (Å²) in [5, 5.41) is 10.3. The number of carbonyl (C=O) groups excluding carboxylic acids is 1. The fourth-order valence-electron chi connectivity index (χ4n) is 1.49. The van der Waals surface area contributed by atoms with Crippen LogP contribution in [0.3, 0.4) is 0 Å². The summed E-state index contributed by atoms with van der Waals surface area (Å²) in [7, 11) is 3.26. The molecule has 0 aliphatic heterocycles. The first-order valence-electron chi connectivity index (χ1n) is 5.80. The van der Waals surface area contributed by atoms with Crippen molar-refractivity contribution in [2.45, 2.75) is 6.54 Å². The monoisotopic (exact) mass is 297 g/mol. The summed E-state index contributed by atoms with van der Waals surface area (Å²) in [5.41, 5.74) is 0.717. The standard InChI is InChI=1S/C12H13ClFN5O/c1-18(2)12(20)15-6-8-7-19(17-16-8)10-5-3-4-9(13)11(10)14/h3-5,7H,6H2,1-2H3,(H,15,20). The molecule has 1 heterocycles. The molecule has 0 aliphatic rings. The number of urea groups is 1. The van der Waals surface area contributed by atoms with Gasteiger partial charge in [-0.1, -0.05) is 22.9 Å². The average molecular weight is 298 g/mol. The van der Waals surface area contributed by atoms with Gasteiger partial charge in [0.15, 0.2) is 5.82 Å². The first-order valence-corrected chi connectivity index (χ1v) is 6.17. The van der Waals surface area contributed by atoms with Crippen LogP contribution in [-0.4, -0.2) is 40.0 Å². The molecule has 2 aromatic rings. The zero-order chi connectivity index (χ0) is 14.7. The van der Waals surface area contributed by atoms with Crippen LogP contribution in [0.4, 0.5) is 9.18 Å².